The monoisotopic (exact) mass is 373 g/mol. The molecule has 8 heteroatoms. The van der Waals surface area contributed by atoms with Crippen molar-refractivity contribution in [1.29, 1.82) is 0 Å². The van der Waals surface area contributed by atoms with Gasteiger partial charge in [0, 0.05) is 11.8 Å². The minimum atomic E-state index is -1.77. The third-order valence-corrected chi connectivity index (χ3v) is 3.55. The molecule has 0 spiro atoms. The van der Waals surface area contributed by atoms with E-state index in [-0.39, 0.29) is 0 Å². The van der Waals surface area contributed by atoms with E-state index in [4.69, 9.17) is 39.5 Å². The van der Waals surface area contributed by atoms with Gasteiger partial charge in [-0.25, -0.2) is 4.98 Å². The average molecular weight is 375 g/mol. The molecule has 122 valence electrons. The van der Waals surface area contributed by atoms with Crippen molar-refractivity contribution >= 4 is 46.5 Å². The molecule has 5 nitrogen and oxygen atoms in total. The molecule has 23 heavy (non-hydrogen) atoms. The van der Waals surface area contributed by atoms with Crippen molar-refractivity contribution in [2.75, 3.05) is 12.4 Å². The lowest BCUT2D eigenvalue weighted by Crippen LogP contribution is -2.49. The SMILES string of the molecule is COc1cccc(C(=O)N[C@@H](Nc2ccccn2)C(Cl)(Cl)Cl)c1. The number of methoxy groups -OCH3 is 1. The van der Waals surface area contributed by atoms with E-state index in [9.17, 15) is 4.79 Å². The van der Waals surface area contributed by atoms with Crippen LogP contribution >= 0.6 is 34.8 Å². The summed E-state index contributed by atoms with van der Waals surface area (Å²) in [7, 11) is 1.52. The van der Waals surface area contributed by atoms with Crippen molar-refractivity contribution in [2.45, 2.75) is 9.96 Å². The van der Waals surface area contributed by atoms with Gasteiger partial charge in [-0.1, -0.05) is 46.9 Å². The van der Waals surface area contributed by atoms with Gasteiger partial charge in [0.15, 0.2) is 0 Å². The van der Waals surface area contributed by atoms with Gasteiger partial charge in [-0.15, -0.1) is 0 Å². The normalized spacial score (nSPS) is 12.3. The number of benzene rings is 1. The molecule has 0 aliphatic carbocycles. The zero-order chi connectivity index (χ0) is 16.9. The molecule has 0 aliphatic heterocycles. The maximum absolute atomic E-state index is 12.4. The van der Waals surface area contributed by atoms with Crippen molar-refractivity contribution in [1.82, 2.24) is 10.3 Å². The number of carbonyl (C=O) groups excluding carboxylic acids is 1. The van der Waals surface area contributed by atoms with Crippen molar-refractivity contribution < 1.29 is 9.53 Å². The van der Waals surface area contributed by atoms with Crippen LogP contribution < -0.4 is 15.4 Å². The number of ether oxygens (including phenoxy) is 1. The quantitative estimate of drug-likeness (QED) is 0.620. The van der Waals surface area contributed by atoms with Crippen LogP contribution in [0.5, 0.6) is 5.75 Å². The highest BCUT2D eigenvalue weighted by atomic mass is 35.6. The van der Waals surface area contributed by atoms with E-state index in [0.717, 1.165) is 0 Å². The van der Waals surface area contributed by atoms with Gasteiger partial charge in [0.25, 0.3) is 5.91 Å². The Kier molecular flexibility index (Phi) is 5.93. The maximum atomic E-state index is 12.4. The lowest BCUT2D eigenvalue weighted by molar-refractivity contribution is 0.0941. The molecule has 0 saturated carbocycles. The molecule has 2 rings (SSSR count). The van der Waals surface area contributed by atoms with Gasteiger partial charge in [0.1, 0.15) is 17.7 Å². The number of aromatic nitrogens is 1. The predicted octanol–water partition coefficient (Wildman–Crippen LogP) is 3.63. The minimum absolute atomic E-state index is 0.381. The van der Waals surface area contributed by atoms with E-state index in [1.165, 1.54) is 7.11 Å². The fraction of sp³-hybridized carbons (Fsp3) is 0.200. The molecular weight excluding hydrogens is 361 g/mol. The molecule has 2 aromatic rings. The first-order valence-electron chi connectivity index (χ1n) is 6.59. The Hall–Kier alpha value is -1.69. The first-order valence-corrected chi connectivity index (χ1v) is 7.73. The van der Waals surface area contributed by atoms with Crippen LogP contribution in [-0.4, -0.2) is 28.0 Å². The lowest BCUT2D eigenvalue weighted by atomic mass is 10.2. The van der Waals surface area contributed by atoms with Crippen molar-refractivity contribution in [3.8, 4) is 5.75 Å². The lowest BCUT2D eigenvalue weighted by Gasteiger charge is -2.27. The highest BCUT2D eigenvalue weighted by molar-refractivity contribution is 6.68. The van der Waals surface area contributed by atoms with Gasteiger partial charge in [0.05, 0.1) is 7.11 Å². The van der Waals surface area contributed by atoms with Crippen molar-refractivity contribution in [3.63, 3.8) is 0 Å². The highest BCUT2D eigenvalue weighted by Crippen LogP contribution is 2.31. The summed E-state index contributed by atoms with van der Waals surface area (Å²) in [6, 6.07) is 11.9. The Balaban J connectivity index is 2.15. The van der Waals surface area contributed by atoms with E-state index in [1.54, 1.807) is 48.7 Å². The molecule has 0 aliphatic rings. The third kappa shape index (κ3) is 5.16. The van der Waals surface area contributed by atoms with E-state index in [2.05, 4.69) is 15.6 Å². The molecule has 0 fully saturated rings. The number of halogens is 3. The van der Waals surface area contributed by atoms with Crippen LogP contribution in [0.1, 0.15) is 10.4 Å². The largest absolute Gasteiger partial charge is 0.497 e. The van der Waals surface area contributed by atoms with Crippen LogP contribution in [0.2, 0.25) is 0 Å². The van der Waals surface area contributed by atoms with Gasteiger partial charge in [-0.2, -0.15) is 0 Å². The molecular formula is C15H14Cl3N3O2. The summed E-state index contributed by atoms with van der Waals surface area (Å²) in [5.41, 5.74) is 0.381. The fourth-order valence-electron chi connectivity index (χ4n) is 1.77. The van der Waals surface area contributed by atoms with Gasteiger partial charge in [-0.05, 0) is 30.3 Å². The molecule has 1 aromatic carbocycles. The molecule has 1 heterocycles. The Morgan fingerprint density at radius 3 is 2.61 bits per heavy atom. The second-order valence-electron chi connectivity index (χ2n) is 4.54. The number of nitrogens with zero attached hydrogens (tertiary/aromatic N) is 1. The first-order chi connectivity index (χ1) is 10.9. The van der Waals surface area contributed by atoms with Crippen LogP contribution in [0.15, 0.2) is 48.7 Å². The number of rotatable bonds is 5. The average Bonchev–Trinajstić information content (AvgIpc) is 2.54. The Labute approximate surface area is 148 Å². The maximum Gasteiger partial charge on any atom is 0.253 e. The van der Waals surface area contributed by atoms with Gasteiger partial charge >= 0.3 is 0 Å². The summed E-state index contributed by atoms with van der Waals surface area (Å²) >= 11 is 17.8. The summed E-state index contributed by atoms with van der Waals surface area (Å²) < 4.78 is 3.32. The standard InChI is InChI=1S/C15H14Cl3N3O2/c1-23-11-6-4-5-10(9-11)13(22)21-14(15(16,17)18)20-12-7-2-3-8-19-12/h2-9,14H,1H3,(H,19,20)(H,21,22)/t14-/m1/s1. The molecule has 1 aromatic heterocycles. The number of nitrogens with one attached hydrogen (secondary N) is 2. The van der Waals surface area contributed by atoms with Gasteiger partial charge in [0.2, 0.25) is 3.79 Å². The molecule has 1 amide bonds. The molecule has 0 saturated heterocycles. The van der Waals surface area contributed by atoms with Gasteiger partial charge < -0.3 is 15.4 Å². The van der Waals surface area contributed by atoms with Crippen LogP contribution in [0.4, 0.5) is 5.82 Å². The molecule has 2 N–H and O–H groups in total. The second-order valence-corrected chi connectivity index (χ2v) is 6.91. The summed E-state index contributed by atoms with van der Waals surface area (Å²) in [6.07, 6.45) is 0.614. The fourth-order valence-corrected chi connectivity index (χ4v) is 2.10. The third-order valence-electron chi connectivity index (χ3n) is 2.89. The first kappa shape index (κ1) is 17.7. The summed E-state index contributed by atoms with van der Waals surface area (Å²) in [4.78, 5) is 16.4. The minimum Gasteiger partial charge on any atom is -0.497 e. The number of hydrogen-bond acceptors (Lipinski definition) is 4. The van der Waals surface area contributed by atoms with E-state index < -0.39 is 15.9 Å². The number of hydrogen-bond donors (Lipinski definition) is 2. The number of carbonyl (C=O) groups is 1. The summed E-state index contributed by atoms with van der Waals surface area (Å²) in [5, 5.41) is 5.51. The highest BCUT2D eigenvalue weighted by Gasteiger charge is 2.34. The van der Waals surface area contributed by atoms with Gasteiger partial charge in [-0.3, -0.25) is 4.79 Å². The molecule has 0 radical (unpaired) electrons. The number of anilines is 1. The van der Waals surface area contributed by atoms with Crippen LogP contribution in [-0.2, 0) is 0 Å². The second kappa shape index (κ2) is 7.73. The molecule has 0 bridgehead atoms. The Morgan fingerprint density at radius 1 is 1.22 bits per heavy atom. The smallest absolute Gasteiger partial charge is 0.253 e. The van der Waals surface area contributed by atoms with E-state index in [1.807, 2.05) is 0 Å². The molecule has 1 atom stereocenters. The number of pyridine rings is 1. The topological polar surface area (TPSA) is 63.2 Å². The van der Waals surface area contributed by atoms with Crippen LogP contribution in [0.25, 0.3) is 0 Å². The Morgan fingerprint density at radius 2 is 2.00 bits per heavy atom. The van der Waals surface area contributed by atoms with Crippen LogP contribution in [0.3, 0.4) is 0 Å². The van der Waals surface area contributed by atoms with Crippen molar-refractivity contribution in [3.05, 3.63) is 54.2 Å². The predicted molar refractivity (Wildman–Crippen MR) is 92.4 cm³/mol. The summed E-state index contributed by atoms with van der Waals surface area (Å²) in [5.74, 6) is 0.610. The Bertz CT molecular complexity index is 663. The van der Waals surface area contributed by atoms with E-state index in [0.29, 0.717) is 17.1 Å². The number of amides is 1. The van der Waals surface area contributed by atoms with Crippen molar-refractivity contribution in [2.24, 2.45) is 0 Å². The number of alkyl halides is 3. The zero-order valence-corrected chi connectivity index (χ0v) is 14.4. The van der Waals surface area contributed by atoms with E-state index >= 15 is 0 Å². The molecule has 0 unspecified atom stereocenters. The summed E-state index contributed by atoms with van der Waals surface area (Å²) in [6.45, 7) is 0. The van der Waals surface area contributed by atoms with Crippen LogP contribution in [0, 0.1) is 0 Å². The zero-order valence-electron chi connectivity index (χ0n) is 12.1.